The largest absolute Gasteiger partial charge is 0.497 e. The summed E-state index contributed by atoms with van der Waals surface area (Å²) in [7, 11) is 1.59. The first kappa shape index (κ1) is 17.1. The van der Waals surface area contributed by atoms with Gasteiger partial charge < -0.3 is 25.0 Å². The van der Waals surface area contributed by atoms with Gasteiger partial charge in [0.05, 0.1) is 19.8 Å². The van der Waals surface area contributed by atoms with Crippen molar-refractivity contribution in [2.75, 3.05) is 38.3 Å². The van der Waals surface area contributed by atoms with Gasteiger partial charge in [-0.2, -0.15) is 0 Å². The molecule has 0 unspecified atom stereocenters. The number of hydrogen-bond acceptors (Lipinski definition) is 4. The Morgan fingerprint density at radius 3 is 2.70 bits per heavy atom. The van der Waals surface area contributed by atoms with E-state index in [9.17, 15) is 9.59 Å². The third kappa shape index (κ3) is 4.13. The summed E-state index contributed by atoms with van der Waals surface area (Å²) >= 11 is 0. The summed E-state index contributed by atoms with van der Waals surface area (Å²) in [4.78, 5) is 27.5. The number of nitrogens with zero attached hydrogens (tertiary/aromatic N) is 2. The third-order valence-corrected chi connectivity index (χ3v) is 3.88. The van der Waals surface area contributed by atoms with Gasteiger partial charge in [0.2, 0.25) is 5.91 Å². The van der Waals surface area contributed by atoms with Crippen molar-refractivity contribution in [1.29, 1.82) is 0 Å². The maximum absolute atomic E-state index is 12.2. The molecular weight excluding hydrogens is 298 g/mol. The molecule has 7 nitrogen and oxygen atoms in total. The average Bonchev–Trinajstić information content (AvgIpc) is 2.92. The molecule has 2 N–H and O–H groups in total. The number of hydrogen-bond donors (Lipinski definition) is 2. The fraction of sp³-hybridized carbons (Fsp3) is 0.500. The van der Waals surface area contributed by atoms with Gasteiger partial charge in [0.25, 0.3) is 0 Å². The van der Waals surface area contributed by atoms with Crippen LogP contribution in [0.3, 0.4) is 0 Å². The molecule has 3 amide bonds. The van der Waals surface area contributed by atoms with Crippen LogP contribution in [0.2, 0.25) is 0 Å². The van der Waals surface area contributed by atoms with Crippen molar-refractivity contribution in [1.82, 2.24) is 10.2 Å². The first-order chi connectivity index (χ1) is 11.1. The Morgan fingerprint density at radius 2 is 2.13 bits per heavy atom. The van der Waals surface area contributed by atoms with E-state index in [-0.39, 0.29) is 37.6 Å². The summed E-state index contributed by atoms with van der Waals surface area (Å²) in [6.07, 6.45) is 0.272. The number of nitrogens with one attached hydrogen (secondary N) is 1. The monoisotopic (exact) mass is 321 g/mol. The molecule has 23 heavy (non-hydrogen) atoms. The lowest BCUT2D eigenvalue weighted by atomic mass is 10.2. The first-order valence-corrected chi connectivity index (χ1v) is 7.69. The number of urea groups is 1. The highest BCUT2D eigenvalue weighted by molar-refractivity contribution is 5.96. The minimum absolute atomic E-state index is 0.0225. The minimum atomic E-state index is -0.254. The number of ether oxygens (including phenoxy) is 1. The van der Waals surface area contributed by atoms with Crippen LogP contribution in [0, 0.1) is 0 Å². The van der Waals surface area contributed by atoms with Crippen molar-refractivity contribution in [3.05, 3.63) is 24.3 Å². The predicted molar refractivity (Wildman–Crippen MR) is 86.6 cm³/mol. The Kier molecular flexibility index (Phi) is 5.81. The highest BCUT2D eigenvalue weighted by Crippen LogP contribution is 2.24. The van der Waals surface area contributed by atoms with E-state index in [2.05, 4.69) is 5.32 Å². The van der Waals surface area contributed by atoms with E-state index in [0.717, 1.165) is 11.4 Å². The number of anilines is 1. The van der Waals surface area contributed by atoms with E-state index in [4.69, 9.17) is 9.84 Å². The summed E-state index contributed by atoms with van der Waals surface area (Å²) in [5.41, 5.74) is 0.787. The van der Waals surface area contributed by atoms with Crippen LogP contribution >= 0.6 is 0 Å². The summed E-state index contributed by atoms with van der Waals surface area (Å²) in [6.45, 7) is 3.00. The molecule has 7 heteroatoms. The Balaban J connectivity index is 1.97. The molecule has 0 aliphatic carbocycles. The van der Waals surface area contributed by atoms with Gasteiger partial charge in [-0.15, -0.1) is 0 Å². The molecule has 1 fully saturated rings. The average molecular weight is 321 g/mol. The molecule has 0 bridgehead atoms. The van der Waals surface area contributed by atoms with E-state index in [1.807, 2.05) is 19.1 Å². The minimum Gasteiger partial charge on any atom is -0.497 e. The molecule has 1 heterocycles. The topological polar surface area (TPSA) is 82.1 Å². The second kappa shape index (κ2) is 7.82. The maximum atomic E-state index is 12.2. The Hall–Kier alpha value is -2.28. The number of aliphatic hydroxyl groups is 1. The number of benzene rings is 1. The Bertz CT molecular complexity index is 547. The quantitative estimate of drug-likeness (QED) is 0.813. The van der Waals surface area contributed by atoms with Crippen LogP contribution in [0.25, 0.3) is 0 Å². The number of carbonyl (C=O) groups excluding carboxylic acids is 2. The van der Waals surface area contributed by atoms with Crippen LogP contribution < -0.4 is 15.0 Å². The lowest BCUT2D eigenvalue weighted by Crippen LogP contribution is -2.46. The smallest absolute Gasteiger partial charge is 0.317 e. The van der Waals surface area contributed by atoms with Gasteiger partial charge >= 0.3 is 6.03 Å². The van der Waals surface area contributed by atoms with Crippen LogP contribution in [0.15, 0.2) is 24.3 Å². The van der Waals surface area contributed by atoms with Crippen molar-refractivity contribution in [2.24, 2.45) is 0 Å². The van der Waals surface area contributed by atoms with Crippen molar-refractivity contribution >= 4 is 17.6 Å². The van der Waals surface area contributed by atoms with E-state index < -0.39 is 0 Å². The van der Waals surface area contributed by atoms with E-state index >= 15 is 0 Å². The van der Waals surface area contributed by atoms with Gasteiger partial charge in [-0.05, 0) is 31.2 Å². The second-order valence-electron chi connectivity index (χ2n) is 5.36. The zero-order chi connectivity index (χ0) is 16.8. The zero-order valence-corrected chi connectivity index (χ0v) is 13.5. The Morgan fingerprint density at radius 1 is 1.43 bits per heavy atom. The SMILES string of the molecule is CCN(CCO)C(=O)N[C@H]1CC(=O)N(c2ccc(OC)cc2)C1. The van der Waals surface area contributed by atoms with E-state index in [1.165, 1.54) is 4.90 Å². The molecule has 1 aromatic carbocycles. The van der Waals surface area contributed by atoms with E-state index in [0.29, 0.717) is 13.1 Å². The lowest BCUT2D eigenvalue weighted by molar-refractivity contribution is -0.117. The first-order valence-electron chi connectivity index (χ1n) is 7.69. The van der Waals surface area contributed by atoms with Gasteiger partial charge in [-0.3, -0.25) is 4.79 Å². The van der Waals surface area contributed by atoms with Crippen LogP contribution in [0.4, 0.5) is 10.5 Å². The van der Waals surface area contributed by atoms with Gasteiger partial charge in [0.1, 0.15) is 5.75 Å². The number of rotatable bonds is 6. The van der Waals surface area contributed by atoms with Crippen LogP contribution in [-0.2, 0) is 4.79 Å². The van der Waals surface area contributed by atoms with Gasteiger partial charge in [-0.25, -0.2) is 4.79 Å². The molecule has 0 aromatic heterocycles. The molecule has 1 aliphatic heterocycles. The standard InChI is InChI=1S/C16H23N3O4/c1-3-18(8-9-20)16(22)17-12-10-15(21)19(11-12)13-4-6-14(23-2)7-5-13/h4-7,12,20H,3,8-11H2,1-2H3,(H,17,22)/t12-/m0/s1. The molecule has 1 aromatic rings. The summed E-state index contributed by atoms with van der Waals surface area (Å²) in [6, 6.07) is 6.76. The van der Waals surface area contributed by atoms with Crippen molar-refractivity contribution < 1.29 is 19.4 Å². The molecule has 1 aliphatic rings. The molecule has 0 spiro atoms. The molecule has 1 saturated heterocycles. The number of aliphatic hydroxyl groups excluding tert-OH is 1. The van der Waals surface area contributed by atoms with Crippen LogP contribution in [0.1, 0.15) is 13.3 Å². The summed E-state index contributed by atoms with van der Waals surface area (Å²) in [5.74, 6) is 0.707. The van der Waals surface area contributed by atoms with Crippen molar-refractivity contribution in [3.63, 3.8) is 0 Å². The summed E-state index contributed by atoms with van der Waals surface area (Å²) in [5, 5.41) is 11.8. The van der Waals surface area contributed by atoms with E-state index in [1.54, 1.807) is 24.1 Å². The van der Waals surface area contributed by atoms with Crippen molar-refractivity contribution in [3.8, 4) is 5.75 Å². The zero-order valence-electron chi connectivity index (χ0n) is 13.5. The second-order valence-corrected chi connectivity index (χ2v) is 5.36. The number of carbonyl (C=O) groups is 2. The molecule has 2 rings (SSSR count). The predicted octanol–water partition coefficient (Wildman–Crippen LogP) is 0.824. The molecule has 1 atom stereocenters. The maximum Gasteiger partial charge on any atom is 0.317 e. The molecule has 0 radical (unpaired) electrons. The normalized spacial score (nSPS) is 17.3. The Labute approximate surface area is 135 Å². The van der Waals surface area contributed by atoms with Gasteiger partial charge in [-0.1, -0.05) is 0 Å². The van der Waals surface area contributed by atoms with Gasteiger partial charge in [0.15, 0.2) is 0 Å². The van der Waals surface area contributed by atoms with Gasteiger partial charge in [0, 0.05) is 31.7 Å². The number of methoxy groups -OCH3 is 1. The lowest BCUT2D eigenvalue weighted by Gasteiger charge is -2.23. The fourth-order valence-electron chi connectivity index (χ4n) is 2.61. The molecule has 0 saturated carbocycles. The number of amides is 3. The highest BCUT2D eigenvalue weighted by atomic mass is 16.5. The number of likely N-dealkylation sites (N-methyl/N-ethyl adjacent to an activating group) is 1. The third-order valence-electron chi connectivity index (χ3n) is 3.88. The van der Waals surface area contributed by atoms with Crippen molar-refractivity contribution in [2.45, 2.75) is 19.4 Å². The fourth-order valence-corrected chi connectivity index (χ4v) is 2.61. The van der Waals surface area contributed by atoms with Crippen LogP contribution in [0.5, 0.6) is 5.75 Å². The highest BCUT2D eigenvalue weighted by Gasteiger charge is 2.32. The molecule has 126 valence electrons. The molecular formula is C16H23N3O4. The van der Waals surface area contributed by atoms with Crippen LogP contribution in [-0.4, -0.2) is 61.3 Å². The summed E-state index contributed by atoms with van der Waals surface area (Å²) < 4.78 is 5.11.